The summed E-state index contributed by atoms with van der Waals surface area (Å²) in [6.07, 6.45) is 5.99. The van der Waals surface area contributed by atoms with Gasteiger partial charge in [0.05, 0.1) is 19.3 Å². The van der Waals surface area contributed by atoms with Gasteiger partial charge in [0, 0.05) is 12.1 Å². The molecule has 3 rings (SSSR count). The second-order valence-electron chi connectivity index (χ2n) is 4.47. The number of benzene rings is 1. The quantitative estimate of drug-likeness (QED) is 0.634. The fourth-order valence-electron chi connectivity index (χ4n) is 2.03. The molecule has 6 heteroatoms. The number of phenolic OH excluding ortho intramolecular Hbond substituents is 1. The molecule has 1 aromatic carbocycles. The standard InChI is InChI=1S/C13H15N3O3/c1-15-4-5-16(8-15)3-2-14-10-6-12-13(7-11(10)17)19-9-18-12/h4-8,14H,2-3,9H2,1H3/p+1. The minimum atomic E-state index is 0.169. The molecule has 0 aliphatic carbocycles. The van der Waals surface area contributed by atoms with Crippen molar-refractivity contribution in [1.82, 2.24) is 4.57 Å². The fourth-order valence-corrected chi connectivity index (χ4v) is 2.03. The van der Waals surface area contributed by atoms with E-state index in [0.717, 1.165) is 6.54 Å². The maximum atomic E-state index is 9.87. The number of ether oxygens (including phenoxy) is 2. The average Bonchev–Trinajstić information content (AvgIpc) is 2.98. The number of rotatable bonds is 4. The van der Waals surface area contributed by atoms with Crippen LogP contribution in [0.3, 0.4) is 0 Å². The Balaban J connectivity index is 1.64. The number of hydrogen-bond donors (Lipinski definition) is 2. The Morgan fingerprint density at radius 1 is 1.37 bits per heavy atom. The Morgan fingerprint density at radius 3 is 2.89 bits per heavy atom. The molecular weight excluding hydrogens is 246 g/mol. The smallest absolute Gasteiger partial charge is 0.243 e. The monoisotopic (exact) mass is 262 g/mol. The summed E-state index contributed by atoms with van der Waals surface area (Å²) in [6.45, 7) is 1.73. The Bertz CT molecular complexity index is 595. The molecule has 1 aromatic heterocycles. The van der Waals surface area contributed by atoms with E-state index < -0.39 is 0 Å². The van der Waals surface area contributed by atoms with Crippen LogP contribution in [-0.4, -0.2) is 23.0 Å². The summed E-state index contributed by atoms with van der Waals surface area (Å²) < 4.78 is 14.5. The second-order valence-corrected chi connectivity index (χ2v) is 4.47. The summed E-state index contributed by atoms with van der Waals surface area (Å²) in [5.41, 5.74) is 0.654. The van der Waals surface area contributed by atoms with Crippen LogP contribution in [0.4, 0.5) is 5.69 Å². The van der Waals surface area contributed by atoms with Gasteiger partial charge in [-0.25, -0.2) is 9.13 Å². The van der Waals surface area contributed by atoms with Gasteiger partial charge in [0.2, 0.25) is 13.1 Å². The molecule has 0 atom stereocenters. The first-order valence-corrected chi connectivity index (χ1v) is 6.10. The van der Waals surface area contributed by atoms with Gasteiger partial charge >= 0.3 is 0 Å². The zero-order valence-corrected chi connectivity index (χ0v) is 10.7. The zero-order chi connectivity index (χ0) is 13.2. The molecule has 2 heterocycles. The van der Waals surface area contributed by atoms with E-state index in [0.29, 0.717) is 23.7 Å². The molecule has 0 unspecified atom stereocenters. The van der Waals surface area contributed by atoms with Crippen molar-refractivity contribution in [3.8, 4) is 17.2 Å². The van der Waals surface area contributed by atoms with Crippen LogP contribution in [0.5, 0.6) is 17.2 Å². The molecule has 100 valence electrons. The minimum absolute atomic E-state index is 0.169. The largest absolute Gasteiger partial charge is 0.506 e. The van der Waals surface area contributed by atoms with Gasteiger partial charge < -0.3 is 19.9 Å². The lowest BCUT2D eigenvalue weighted by Crippen LogP contribution is -2.24. The lowest BCUT2D eigenvalue weighted by atomic mass is 10.2. The molecule has 0 radical (unpaired) electrons. The van der Waals surface area contributed by atoms with E-state index in [4.69, 9.17) is 9.47 Å². The van der Waals surface area contributed by atoms with Crippen molar-refractivity contribution in [2.45, 2.75) is 6.54 Å². The SMILES string of the molecule is C[n+]1ccn(CCNc2cc3c(cc2O)OCO3)c1. The predicted octanol–water partition coefficient (Wildman–Crippen LogP) is 0.859. The Hall–Kier alpha value is -2.37. The van der Waals surface area contributed by atoms with Crippen molar-refractivity contribution < 1.29 is 19.1 Å². The van der Waals surface area contributed by atoms with Crippen LogP contribution in [0.1, 0.15) is 0 Å². The molecule has 0 bridgehead atoms. The van der Waals surface area contributed by atoms with Gasteiger partial charge in [0.15, 0.2) is 11.5 Å². The highest BCUT2D eigenvalue weighted by atomic mass is 16.7. The molecule has 6 nitrogen and oxygen atoms in total. The third kappa shape index (κ3) is 2.42. The van der Waals surface area contributed by atoms with Crippen LogP contribution in [-0.2, 0) is 13.6 Å². The fraction of sp³-hybridized carbons (Fsp3) is 0.308. The van der Waals surface area contributed by atoms with Crippen LogP contribution in [0.25, 0.3) is 0 Å². The number of fused-ring (bicyclic) bond motifs is 1. The van der Waals surface area contributed by atoms with Crippen molar-refractivity contribution >= 4 is 5.69 Å². The molecule has 2 N–H and O–H groups in total. The Labute approximate surface area is 110 Å². The molecule has 0 spiro atoms. The number of hydrogen-bond acceptors (Lipinski definition) is 4. The van der Waals surface area contributed by atoms with Crippen LogP contribution in [0, 0.1) is 0 Å². The summed E-state index contributed by atoms with van der Waals surface area (Å²) in [5, 5.41) is 13.1. The maximum absolute atomic E-state index is 9.87. The summed E-state index contributed by atoms with van der Waals surface area (Å²) >= 11 is 0. The first-order valence-electron chi connectivity index (χ1n) is 6.10. The van der Waals surface area contributed by atoms with E-state index in [1.807, 2.05) is 30.3 Å². The normalized spacial score (nSPS) is 12.7. The summed E-state index contributed by atoms with van der Waals surface area (Å²) in [6, 6.07) is 3.33. The topological polar surface area (TPSA) is 59.5 Å². The number of nitrogens with one attached hydrogen (secondary N) is 1. The number of aromatic nitrogens is 2. The summed E-state index contributed by atoms with van der Waals surface area (Å²) in [7, 11) is 1.98. The van der Waals surface area contributed by atoms with Gasteiger partial charge in [-0.3, -0.25) is 0 Å². The molecule has 19 heavy (non-hydrogen) atoms. The molecule has 0 fully saturated rings. The molecule has 0 amide bonds. The molecule has 2 aromatic rings. The Kier molecular flexibility index (Phi) is 2.91. The highest BCUT2D eigenvalue weighted by molar-refractivity contribution is 5.64. The third-order valence-electron chi connectivity index (χ3n) is 3.00. The number of aryl methyl sites for hydroxylation is 1. The maximum Gasteiger partial charge on any atom is 0.243 e. The molecule has 1 aliphatic heterocycles. The van der Waals surface area contributed by atoms with Gasteiger partial charge in [-0.15, -0.1) is 0 Å². The van der Waals surface area contributed by atoms with Crippen molar-refractivity contribution in [2.24, 2.45) is 7.05 Å². The van der Waals surface area contributed by atoms with E-state index in [1.54, 1.807) is 12.1 Å². The second kappa shape index (κ2) is 4.72. The van der Waals surface area contributed by atoms with E-state index in [9.17, 15) is 5.11 Å². The minimum Gasteiger partial charge on any atom is -0.506 e. The third-order valence-corrected chi connectivity index (χ3v) is 3.00. The van der Waals surface area contributed by atoms with Crippen molar-refractivity contribution in [3.63, 3.8) is 0 Å². The van der Waals surface area contributed by atoms with E-state index in [1.165, 1.54) is 0 Å². The highest BCUT2D eigenvalue weighted by Gasteiger charge is 2.16. The molecular formula is C13H16N3O3+. The Morgan fingerprint density at radius 2 is 2.16 bits per heavy atom. The summed E-state index contributed by atoms with van der Waals surface area (Å²) in [4.78, 5) is 0. The number of imidazole rings is 1. The van der Waals surface area contributed by atoms with Gasteiger partial charge in [-0.2, -0.15) is 0 Å². The van der Waals surface area contributed by atoms with Gasteiger partial charge in [0.1, 0.15) is 24.7 Å². The predicted molar refractivity (Wildman–Crippen MR) is 68.3 cm³/mol. The van der Waals surface area contributed by atoms with Crippen molar-refractivity contribution in [3.05, 3.63) is 30.9 Å². The van der Waals surface area contributed by atoms with Crippen molar-refractivity contribution in [2.75, 3.05) is 18.7 Å². The molecule has 0 saturated heterocycles. The lowest BCUT2D eigenvalue weighted by Gasteiger charge is -2.08. The van der Waals surface area contributed by atoms with Gasteiger partial charge in [0.25, 0.3) is 0 Å². The average molecular weight is 262 g/mol. The van der Waals surface area contributed by atoms with E-state index in [-0.39, 0.29) is 12.5 Å². The molecule has 1 aliphatic rings. The number of phenols is 1. The van der Waals surface area contributed by atoms with Crippen LogP contribution in [0.2, 0.25) is 0 Å². The molecule has 0 saturated carbocycles. The number of nitrogens with zero attached hydrogens (tertiary/aromatic N) is 2. The van der Waals surface area contributed by atoms with Gasteiger partial charge in [-0.1, -0.05) is 0 Å². The van der Waals surface area contributed by atoms with Crippen LogP contribution < -0.4 is 19.4 Å². The van der Waals surface area contributed by atoms with Crippen LogP contribution >= 0.6 is 0 Å². The van der Waals surface area contributed by atoms with Gasteiger partial charge in [-0.05, 0) is 0 Å². The summed E-state index contributed by atoms with van der Waals surface area (Å²) in [5.74, 6) is 1.41. The van der Waals surface area contributed by atoms with E-state index in [2.05, 4.69) is 9.88 Å². The number of aromatic hydroxyl groups is 1. The number of anilines is 1. The van der Waals surface area contributed by atoms with Crippen molar-refractivity contribution in [1.29, 1.82) is 0 Å². The zero-order valence-electron chi connectivity index (χ0n) is 10.7. The first-order chi connectivity index (χ1) is 9.22. The highest BCUT2D eigenvalue weighted by Crippen LogP contribution is 2.40. The van der Waals surface area contributed by atoms with Crippen LogP contribution in [0.15, 0.2) is 30.9 Å². The van der Waals surface area contributed by atoms with E-state index >= 15 is 0 Å². The lowest BCUT2D eigenvalue weighted by molar-refractivity contribution is -0.671. The first kappa shape index (κ1) is 11.7.